The van der Waals surface area contributed by atoms with Crippen molar-refractivity contribution in [3.63, 3.8) is 0 Å². The number of aliphatic imine (C=N–C) groups is 3. The molecule has 12 heteroatoms. The van der Waals surface area contributed by atoms with Crippen LogP contribution in [0.25, 0.3) is 0 Å². The lowest BCUT2D eigenvalue weighted by Gasteiger charge is -2.16. The molecule has 1 heterocycles. The number of isocyanates is 3. The van der Waals surface area contributed by atoms with E-state index >= 15 is 0 Å². The molecule has 1 unspecified atom stereocenters. The van der Waals surface area contributed by atoms with Crippen LogP contribution in [0.15, 0.2) is 29.4 Å². The Kier molecular flexibility index (Phi) is 8.26. The van der Waals surface area contributed by atoms with Crippen molar-refractivity contribution in [2.75, 3.05) is 0 Å². The van der Waals surface area contributed by atoms with Gasteiger partial charge in [0.2, 0.25) is 18.2 Å². The summed E-state index contributed by atoms with van der Waals surface area (Å²) in [6, 6.07) is 0. The molecule has 0 fully saturated rings. The maximum atomic E-state index is 12.5. The highest BCUT2D eigenvalue weighted by Gasteiger charge is 2.21. The molecule has 138 valence electrons. The molecule has 12 nitrogen and oxygen atoms in total. The Balaban J connectivity index is 3.71. The maximum absolute atomic E-state index is 12.5. The molecule has 0 radical (unpaired) electrons. The monoisotopic (exact) mass is 364 g/mol. The van der Waals surface area contributed by atoms with Gasteiger partial charge in [0.25, 0.3) is 0 Å². The first-order valence-electron chi connectivity index (χ1n) is 7.63. The summed E-state index contributed by atoms with van der Waals surface area (Å²) in [6.07, 6.45) is 4.77. The van der Waals surface area contributed by atoms with Crippen LogP contribution in [0.1, 0.15) is 38.8 Å². The Morgan fingerprint density at radius 1 is 0.846 bits per heavy atom. The predicted molar refractivity (Wildman–Crippen MR) is 86.8 cm³/mol. The molecule has 0 spiro atoms. The summed E-state index contributed by atoms with van der Waals surface area (Å²) in [7, 11) is 0. The van der Waals surface area contributed by atoms with Gasteiger partial charge in [-0.25, -0.2) is 42.5 Å². The van der Waals surface area contributed by atoms with Crippen LogP contribution in [0.3, 0.4) is 0 Å². The van der Waals surface area contributed by atoms with E-state index in [-0.39, 0.29) is 6.42 Å². The number of hydrogen-bond donors (Lipinski definition) is 0. The Morgan fingerprint density at radius 2 is 1.38 bits per heavy atom. The molecule has 0 aliphatic carbocycles. The summed E-state index contributed by atoms with van der Waals surface area (Å²) in [4.78, 5) is 78.3. The van der Waals surface area contributed by atoms with Crippen LogP contribution in [0.2, 0.25) is 0 Å². The Hall–Kier alpha value is -3.45. The van der Waals surface area contributed by atoms with Crippen LogP contribution in [0, 0.1) is 0 Å². The number of unbranched alkanes of at least 4 members (excludes halogenated alkanes) is 2. The number of carbonyl (C=O) groups excluding carboxylic acids is 3. The van der Waals surface area contributed by atoms with Crippen LogP contribution in [-0.4, -0.2) is 31.9 Å². The Labute approximate surface area is 145 Å². The number of aromatic nitrogens is 3. The molecule has 0 saturated carbocycles. The SMILES string of the molecule is CCCCCC(N=C=O)n1c(=O)n(CN=C=O)c(=O)n(CN=C=O)c1=O. The van der Waals surface area contributed by atoms with E-state index in [1.807, 2.05) is 6.92 Å². The fourth-order valence-corrected chi connectivity index (χ4v) is 2.24. The first-order chi connectivity index (χ1) is 12.5. The van der Waals surface area contributed by atoms with Crippen LogP contribution in [-0.2, 0) is 27.7 Å². The smallest absolute Gasteiger partial charge is 0.247 e. The highest BCUT2D eigenvalue weighted by molar-refractivity contribution is 5.33. The quantitative estimate of drug-likeness (QED) is 0.300. The fraction of sp³-hybridized carbons (Fsp3) is 0.571. The highest BCUT2D eigenvalue weighted by atomic mass is 16.2. The van der Waals surface area contributed by atoms with Gasteiger partial charge in [-0.2, -0.15) is 15.0 Å². The summed E-state index contributed by atoms with van der Waals surface area (Å²) in [5.74, 6) is 0. The van der Waals surface area contributed by atoms with E-state index < -0.39 is 36.6 Å². The second-order valence-corrected chi connectivity index (χ2v) is 5.05. The average Bonchev–Trinajstić information content (AvgIpc) is 2.62. The second-order valence-electron chi connectivity index (χ2n) is 5.05. The molecule has 0 N–H and O–H groups in total. The highest BCUT2D eigenvalue weighted by Crippen LogP contribution is 2.13. The first kappa shape index (κ1) is 20.6. The lowest BCUT2D eigenvalue weighted by atomic mass is 10.2. The minimum Gasteiger partial charge on any atom is -0.247 e. The summed E-state index contributed by atoms with van der Waals surface area (Å²) < 4.78 is 1.52. The molecule has 1 aromatic rings. The average molecular weight is 364 g/mol. The molecule has 26 heavy (non-hydrogen) atoms. The van der Waals surface area contributed by atoms with Gasteiger partial charge < -0.3 is 0 Å². The minimum atomic E-state index is -1.20. The second kappa shape index (κ2) is 10.4. The molecule has 0 bridgehead atoms. The summed E-state index contributed by atoms with van der Waals surface area (Å²) in [5.41, 5.74) is -3.34. The third kappa shape index (κ3) is 4.78. The molecule has 0 aliphatic rings. The first-order valence-corrected chi connectivity index (χ1v) is 7.63. The molecular weight excluding hydrogens is 348 g/mol. The third-order valence-electron chi connectivity index (χ3n) is 3.45. The molecule has 0 aromatic carbocycles. The van der Waals surface area contributed by atoms with E-state index in [0.717, 1.165) is 12.8 Å². The van der Waals surface area contributed by atoms with E-state index in [1.165, 1.54) is 18.2 Å². The standard InChI is InChI=1S/C14H16N6O6/c1-2-3-4-5-11(17-10-23)20-13(25)18(6-15-8-21)12(24)19(14(20)26)7-16-9-22/h11H,2-7H2,1H3. The molecule has 0 amide bonds. The number of nitrogens with zero attached hydrogens (tertiary/aromatic N) is 6. The van der Waals surface area contributed by atoms with Crippen LogP contribution in [0.5, 0.6) is 0 Å². The molecule has 0 saturated heterocycles. The van der Waals surface area contributed by atoms with Crippen LogP contribution >= 0.6 is 0 Å². The van der Waals surface area contributed by atoms with Gasteiger partial charge >= 0.3 is 17.1 Å². The minimum absolute atomic E-state index is 0.171. The molecule has 1 aromatic heterocycles. The third-order valence-corrected chi connectivity index (χ3v) is 3.45. The fourth-order valence-electron chi connectivity index (χ4n) is 2.24. The van der Waals surface area contributed by atoms with E-state index in [2.05, 4.69) is 15.0 Å². The van der Waals surface area contributed by atoms with E-state index in [9.17, 15) is 28.8 Å². The van der Waals surface area contributed by atoms with Gasteiger partial charge in [-0.1, -0.05) is 19.8 Å². The zero-order valence-corrected chi connectivity index (χ0v) is 14.0. The maximum Gasteiger partial charge on any atom is 0.339 e. The van der Waals surface area contributed by atoms with Crippen LogP contribution in [0.4, 0.5) is 0 Å². The largest absolute Gasteiger partial charge is 0.339 e. The molecule has 1 rings (SSSR count). The van der Waals surface area contributed by atoms with Gasteiger partial charge in [-0.15, -0.1) is 0 Å². The lowest BCUT2D eigenvalue weighted by Crippen LogP contribution is -2.55. The van der Waals surface area contributed by atoms with Gasteiger partial charge in [0.1, 0.15) is 19.5 Å². The van der Waals surface area contributed by atoms with Crippen molar-refractivity contribution in [3.8, 4) is 0 Å². The summed E-state index contributed by atoms with van der Waals surface area (Å²) in [5, 5.41) is 0. The number of rotatable bonds is 10. The Bertz CT molecular complexity index is 895. The van der Waals surface area contributed by atoms with Crippen molar-refractivity contribution in [2.24, 2.45) is 15.0 Å². The molecule has 1 atom stereocenters. The van der Waals surface area contributed by atoms with Gasteiger partial charge in [0.05, 0.1) is 0 Å². The normalized spacial score (nSPS) is 11.0. The van der Waals surface area contributed by atoms with Gasteiger partial charge in [0, 0.05) is 0 Å². The van der Waals surface area contributed by atoms with Crippen LogP contribution < -0.4 is 17.1 Å². The lowest BCUT2D eigenvalue weighted by molar-refractivity contribution is 0.372. The van der Waals surface area contributed by atoms with Crippen molar-refractivity contribution in [3.05, 3.63) is 31.5 Å². The topological polar surface area (TPSA) is 154 Å². The van der Waals surface area contributed by atoms with Crippen molar-refractivity contribution in [1.82, 2.24) is 13.7 Å². The zero-order valence-electron chi connectivity index (χ0n) is 14.0. The predicted octanol–water partition coefficient (Wildman–Crippen LogP) is -0.827. The molecular formula is C14H16N6O6. The number of hydrogen-bond acceptors (Lipinski definition) is 9. The van der Waals surface area contributed by atoms with Crippen molar-refractivity contribution < 1.29 is 14.4 Å². The van der Waals surface area contributed by atoms with Gasteiger partial charge in [-0.3, -0.25) is 0 Å². The van der Waals surface area contributed by atoms with E-state index in [1.54, 1.807) is 0 Å². The Morgan fingerprint density at radius 3 is 1.81 bits per heavy atom. The summed E-state index contributed by atoms with van der Waals surface area (Å²) >= 11 is 0. The molecule has 0 aliphatic heterocycles. The van der Waals surface area contributed by atoms with E-state index in [0.29, 0.717) is 20.1 Å². The van der Waals surface area contributed by atoms with Gasteiger partial charge in [0.15, 0.2) is 0 Å². The van der Waals surface area contributed by atoms with Crippen molar-refractivity contribution >= 4 is 18.2 Å². The summed E-state index contributed by atoms with van der Waals surface area (Å²) in [6.45, 7) is 0.545. The van der Waals surface area contributed by atoms with Gasteiger partial charge in [-0.05, 0) is 12.8 Å². The van der Waals surface area contributed by atoms with Crippen molar-refractivity contribution in [1.29, 1.82) is 0 Å². The van der Waals surface area contributed by atoms with E-state index in [4.69, 9.17) is 0 Å². The van der Waals surface area contributed by atoms with Crippen molar-refractivity contribution in [2.45, 2.75) is 52.1 Å². The zero-order chi connectivity index (χ0) is 19.5.